The monoisotopic (exact) mass is 272 g/mol. The number of nitrogens with zero attached hydrogens (tertiary/aromatic N) is 4. The number of aryl methyl sites for hydroxylation is 1. The third-order valence-corrected chi connectivity index (χ3v) is 3.35. The first-order valence-corrected chi connectivity index (χ1v) is 6.68. The van der Waals surface area contributed by atoms with Crippen molar-refractivity contribution in [2.75, 3.05) is 5.32 Å². The van der Waals surface area contributed by atoms with Crippen LogP contribution in [0.4, 0.5) is 5.95 Å². The fourth-order valence-corrected chi connectivity index (χ4v) is 2.24. The lowest BCUT2D eigenvalue weighted by molar-refractivity contribution is 0.931. The number of hydrogen-bond donors (Lipinski definition) is 2. The summed E-state index contributed by atoms with van der Waals surface area (Å²) >= 11 is 1.62. The third-order valence-electron chi connectivity index (χ3n) is 2.48. The van der Waals surface area contributed by atoms with E-state index in [9.17, 15) is 0 Å². The van der Waals surface area contributed by atoms with Crippen molar-refractivity contribution < 1.29 is 0 Å². The standard InChI is InChI=1S/C12H12N6S/c1-8-4-5-13-12(15-8)14-7-10-16-11(18-17-10)9-3-2-6-19-9/h2-6H,7H2,1H3,(H,13,14,15)(H,16,17,18). The van der Waals surface area contributed by atoms with Crippen molar-refractivity contribution in [2.24, 2.45) is 0 Å². The molecular formula is C12H12N6S. The summed E-state index contributed by atoms with van der Waals surface area (Å²) in [7, 11) is 0. The van der Waals surface area contributed by atoms with E-state index < -0.39 is 0 Å². The van der Waals surface area contributed by atoms with Gasteiger partial charge in [0.05, 0.1) is 11.4 Å². The van der Waals surface area contributed by atoms with Gasteiger partial charge in [-0.3, -0.25) is 5.10 Å². The molecule has 19 heavy (non-hydrogen) atoms. The Kier molecular flexibility index (Phi) is 3.20. The molecule has 0 aliphatic carbocycles. The highest BCUT2D eigenvalue weighted by molar-refractivity contribution is 7.13. The third kappa shape index (κ3) is 2.76. The maximum Gasteiger partial charge on any atom is 0.223 e. The summed E-state index contributed by atoms with van der Waals surface area (Å²) in [6, 6.07) is 5.83. The number of nitrogens with one attached hydrogen (secondary N) is 2. The lowest BCUT2D eigenvalue weighted by atomic mass is 10.4. The molecule has 6 nitrogen and oxygen atoms in total. The second-order valence-corrected chi connectivity index (χ2v) is 4.91. The predicted molar refractivity (Wildman–Crippen MR) is 73.8 cm³/mol. The van der Waals surface area contributed by atoms with Gasteiger partial charge in [0.2, 0.25) is 5.95 Å². The smallest absolute Gasteiger partial charge is 0.223 e. The van der Waals surface area contributed by atoms with E-state index in [0.717, 1.165) is 22.2 Å². The zero-order valence-electron chi connectivity index (χ0n) is 10.3. The van der Waals surface area contributed by atoms with Gasteiger partial charge >= 0.3 is 0 Å². The van der Waals surface area contributed by atoms with E-state index in [0.29, 0.717) is 12.5 Å². The molecule has 3 aromatic heterocycles. The summed E-state index contributed by atoms with van der Waals surface area (Å²) < 4.78 is 0. The summed E-state index contributed by atoms with van der Waals surface area (Å²) in [4.78, 5) is 13.9. The minimum absolute atomic E-state index is 0.516. The van der Waals surface area contributed by atoms with E-state index in [2.05, 4.69) is 30.5 Å². The Morgan fingerprint density at radius 3 is 3.05 bits per heavy atom. The molecule has 3 aromatic rings. The Labute approximate surface area is 114 Å². The largest absolute Gasteiger partial charge is 0.347 e. The SMILES string of the molecule is Cc1ccnc(NCc2nc(-c3cccs3)n[nH]2)n1. The number of thiophene rings is 1. The fraction of sp³-hybridized carbons (Fsp3) is 0.167. The molecule has 96 valence electrons. The Balaban J connectivity index is 1.68. The van der Waals surface area contributed by atoms with Crippen LogP contribution in [-0.4, -0.2) is 25.1 Å². The number of aromatic amines is 1. The quantitative estimate of drug-likeness (QED) is 0.761. The maximum absolute atomic E-state index is 4.42. The van der Waals surface area contributed by atoms with Crippen LogP contribution in [0.1, 0.15) is 11.5 Å². The number of H-pyrrole nitrogens is 1. The van der Waals surface area contributed by atoms with Gasteiger partial charge in [0, 0.05) is 11.9 Å². The lowest BCUT2D eigenvalue weighted by Crippen LogP contribution is -2.05. The summed E-state index contributed by atoms with van der Waals surface area (Å²) in [5.74, 6) is 2.07. The molecule has 0 saturated carbocycles. The van der Waals surface area contributed by atoms with Crippen LogP contribution in [0.15, 0.2) is 29.8 Å². The van der Waals surface area contributed by atoms with Crippen molar-refractivity contribution in [1.29, 1.82) is 0 Å². The molecule has 0 aliphatic rings. The van der Waals surface area contributed by atoms with E-state index in [4.69, 9.17) is 0 Å². The number of anilines is 1. The Morgan fingerprint density at radius 1 is 1.32 bits per heavy atom. The van der Waals surface area contributed by atoms with E-state index in [1.807, 2.05) is 30.5 Å². The van der Waals surface area contributed by atoms with Crippen LogP contribution in [0.25, 0.3) is 10.7 Å². The van der Waals surface area contributed by atoms with Gasteiger partial charge in [-0.2, -0.15) is 5.10 Å². The van der Waals surface area contributed by atoms with Crippen LogP contribution in [0, 0.1) is 6.92 Å². The van der Waals surface area contributed by atoms with E-state index in [-0.39, 0.29) is 0 Å². The van der Waals surface area contributed by atoms with Crippen molar-refractivity contribution in [1.82, 2.24) is 25.1 Å². The molecule has 0 radical (unpaired) electrons. The molecule has 2 N–H and O–H groups in total. The number of aromatic nitrogens is 5. The van der Waals surface area contributed by atoms with Crippen LogP contribution >= 0.6 is 11.3 Å². The van der Waals surface area contributed by atoms with Gasteiger partial charge < -0.3 is 5.32 Å². The second kappa shape index (κ2) is 5.15. The minimum atomic E-state index is 0.516. The van der Waals surface area contributed by atoms with Gasteiger partial charge in [0.25, 0.3) is 0 Å². The maximum atomic E-state index is 4.42. The summed E-state index contributed by atoms with van der Waals surface area (Å²) in [5, 5.41) is 12.2. The predicted octanol–water partition coefficient (Wildman–Crippen LogP) is 2.24. The normalized spacial score (nSPS) is 10.6. The lowest BCUT2D eigenvalue weighted by Gasteiger charge is -2.01. The summed E-state index contributed by atoms with van der Waals surface area (Å²) in [5.41, 5.74) is 0.925. The Hall–Kier alpha value is -2.28. The first-order chi connectivity index (χ1) is 9.31. The highest BCUT2D eigenvalue weighted by atomic mass is 32.1. The zero-order valence-corrected chi connectivity index (χ0v) is 11.1. The average Bonchev–Trinajstić information content (AvgIpc) is 3.07. The molecule has 0 aromatic carbocycles. The second-order valence-electron chi connectivity index (χ2n) is 3.96. The van der Waals surface area contributed by atoms with Crippen molar-refractivity contribution in [3.63, 3.8) is 0 Å². The van der Waals surface area contributed by atoms with Crippen molar-refractivity contribution >= 4 is 17.3 Å². The fourth-order valence-electron chi connectivity index (χ4n) is 1.59. The molecule has 7 heteroatoms. The molecule has 0 saturated heterocycles. The number of rotatable bonds is 4. The van der Waals surface area contributed by atoms with Crippen LogP contribution in [0.2, 0.25) is 0 Å². The molecule has 3 rings (SSSR count). The van der Waals surface area contributed by atoms with Gasteiger partial charge in [0.1, 0.15) is 5.82 Å². The van der Waals surface area contributed by atoms with Gasteiger partial charge in [-0.25, -0.2) is 15.0 Å². The summed E-state index contributed by atoms with van der Waals surface area (Å²) in [6.45, 7) is 2.44. The molecule has 0 aliphatic heterocycles. The first kappa shape index (κ1) is 11.8. The topological polar surface area (TPSA) is 79.4 Å². The van der Waals surface area contributed by atoms with E-state index in [1.54, 1.807) is 17.5 Å². The molecule has 0 bridgehead atoms. The first-order valence-electron chi connectivity index (χ1n) is 5.80. The number of hydrogen-bond acceptors (Lipinski definition) is 6. The van der Waals surface area contributed by atoms with Gasteiger partial charge in [-0.1, -0.05) is 6.07 Å². The highest BCUT2D eigenvalue weighted by Gasteiger charge is 2.06. The van der Waals surface area contributed by atoms with Crippen molar-refractivity contribution in [3.8, 4) is 10.7 Å². The van der Waals surface area contributed by atoms with Crippen LogP contribution in [0.3, 0.4) is 0 Å². The molecule has 0 unspecified atom stereocenters. The molecule has 0 amide bonds. The Morgan fingerprint density at radius 2 is 2.26 bits per heavy atom. The van der Waals surface area contributed by atoms with Crippen molar-refractivity contribution in [3.05, 3.63) is 41.3 Å². The van der Waals surface area contributed by atoms with Gasteiger partial charge in [-0.15, -0.1) is 11.3 Å². The highest BCUT2D eigenvalue weighted by Crippen LogP contribution is 2.20. The van der Waals surface area contributed by atoms with E-state index in [1.165, 1.54) is 0 Å². The summed E-state index contributed by atoms with van der Waals surface area (Å²) in [6.07, 6.45) is 1.72. The molecule has 0 fully saturated rings. The zero-order chi connectivity index (χ0) is 13.1. The molecule has 3 heterocycles. The van der Waals surface area contributed by atoms with E-state index >= 15 is 0 Å². The average molecular weight is 272 g/mol. The van der Waals surface area contributed by atoms with Crippen LogP contribution in [0.5, 0.6) is 0 Å². The van der Waals surface area contributed by atoms with Crippen LogP contribution < -0.4 is 5.32 Å². The minimum Gasteiger partial charge on any atom is -0.347 e. The van der Waals surface area contributed by atoms with Crippen LogP contribution in [-0.2, 0) is 6.54 Å². The molecule has 0 spiro atoms. The van der Waals surface area contributed by atoms with Gasteiger partial charge in [-0.05, 0) is 24.4 Å². The van der Waals surface area contributed by atoms with Crippen molar-refractivity contribution in [2.45, 2.75) is 13.5 Å². The molecule has 0 atom stereocenters. The Bertz CT molecular complexity index is 660. The molecular weight excluding hydrogens is 260 g/mol. The van der Waals surface area contributed by atoms with Gasteiger partial charge in [0.15, 0.2) is 5.82 Å².